The molecule has 8 nitrogen and oxygen atoms in total. The van der Waals surface area contributed by atoms with Gasteiger partial charge in [-0.3, -0.25) is 15.1 Å². The quantitative estimate of drug-likeness (QED) is 0.264. The lowest BCUT2D eigenvalue weighted by Crippen LogP contribution is -2.43. The van der Waals surface area contributed by atoms with Crippen molar-refractivity contribution in [2.75, 3.05) is 19.0 Å². The van der Waals surface area contributed by atoms with Gasteiger partial charge in [-0.25, -0.2) is 9.97 Å². The number of nitriles is 1. The maximum Gasteiger partial charge on any atom is 0.305 e. The van der Waals surface area contributed by atoms with Crippen LogP contribution in [0.4, 0.5) is 5.82 Å². The molecule has 1 aromatic carbocycles. The summed E-state index contributed by atoms with van der Waals surface area (Å²) in [5.74, 6) is 0.523. The van der Waals surface area contributed by atoms with Gasteiger partial charge in [-0.15, -0.1) is 0 Å². The van der Waals surface area contributed by atoms with Crippen molar-refractivity contribution in [1.29, 1.82) is 10.7 Å². The fourth-order valence-electron chi connectivity index (χ4n) is 5.77. The van der Waals surface area contributed by atoms with Gasteiger partial charge in [0.1, 0.15) is 11.8 Å². The van der Waals surface area contributed by atoms with E-state index in [1.165, 1.54) is 7.11 Å². The van der Waals surface area contributed by atoms with Crippen LogP contribution in [0.15, 0.2) is 30.5 Å². The van der Waals surface area contributed by atoms with Crippen LogP contribution in [-0.2, 0) is 9.53 Å². The number of likely N-dealkylation sites (tertiary alicyclic amines) is 1. The number of halogens is 2. The third kappa shape index (κ3) is 6.78. The van der Waals surface area contributed by atoms with Crippen molar-refractivity contribution in [2.45, 2.75) is 70.5 Å². The van der Waals surface area contributed by atoms with E-state index in [1.807, 2.05) is 19.1 Å². The molecule has 10 heteroatoms. The van der Waals surface area contributed by atoms with E-state index in [4.69, 9.17) is 38.3 Å². The van der Waals surface area contributed by atoms with Gasteiger partial charge in [0.2, 0.25) is 0 Å². The molecule has 39 heavy (non-hydrogen) atoms. The number of benzene rings is 1. The molecule has 0 saturated carbocycles. The number of aromatic nitrogens is 2. The molecule has 2 aliphatic rings. The highest BCUT2D eigenvalue weighted by atomic mass is 35.5. The molecule has 1 saturated heterocycles. The van der Waals surface area contributed by atoms with Gasteiger partial charge in [-0.1, -0.05) is 42.3 Å². The zero-order valence-corrected chi connectivity index (χ0v) is 24.0. The zero-order valence-electron chi connectivity index (χ0n) is 22.5. The lowest BCUT2D eigenvalue weighted by molar-refractivity contribution is -0.141. The Hall–Kier alpha value is -2.99. The molecular weight excluding hydrogens is 535 g/mol. The maximum absolute atomic E-state index is 11.7. The van der Waals surface area contributed by atoms with E-state index in [0.29, 0.717) is 40.3 Å². The van der Waals surface area contributed by atoms with E-state index in [1.54, 1.807) is 18.3 Å². The number of carbonyl (C=O) groups is 1. The summed E-state index contributed by atoms with van der Waals surface area (Å²) in [7, 11) is 1.44. The van der Waals surface area contributed by atoms with Crippen molar-refractivity contribution < 1.29 is 9.53 Å². The lowest BCUT2D eigenvalue weighted by atomic mass is 9.84. The molecule has 2 N–H and O–H groups in total. The third-order valence-electron chi connectivity index (χ3n) is 7.77. The molecule has 1 aliphatic heterocycles. The summed E-state index contributed by atoms with van der Waals surface area (Å²) < 4.78 is 4.85. The van der Waals surface area contributed by atoms with Gasteiger partial charge in [0.25, 0.3) is 0 Å². The summed E-state index contributed by atoms with van der Waals surface area (Å²) in [6, 6.07) is 7.72. The predicted molar refractivity (Wildman–Crippen MR) is 154 cm³/mol. The minimum absolute atomic E-state index is 0.149. The topological polar surface area (TPSA) is 115 Å². The van der Waals surface area contributed by atoms with Gasteiger partial charge in [0, 0.05) is 28.5 Å². The number of esters is 1. The Kier molecular flexibility index (Phi) is 9.60. The summed E-state index contributed by atoms with van der Waals surface area (Å²) >= 11 is 12.5. The van der Waals surface area contributed by atoms with E-state index in [0.717, 1.165) is 55.5 Å². The first kappa shape index (κ1) is 29.0. The van der Waals surface area contributed by atoms with E-state index in [9.17, 15) is 10.1 Å². The molecule has 0 spiro atoms. The summed E-state index contributed by atoms with van der Waals surface area (Å²) in [5.41, 5.74) is 2.60. The first-order valence-corrected chi connectivity index (χ1v) is 14.1. The molecule has 1 aliphatic carbocycles. The molecular formula is C29H34Cl2N6O2. The van der Waals surface area contributed by atoms with Gasteiger partial charge in [-0.2, -0.15) is 5.26 Å². The predicted octanol–water partition coefficient (Wildman–Crippen LogP) is 6.45. The minimum Gasteiger partial charge on any atom is -0.469 e. The summed E-state index contributed by atoms with van der Waals surface area (Å²) in [4.78, 5) is 23.6. The van der Waals surface area contributed by atoms with Crippen LogP contribution in [0, 0.1) is 22.7 Å². The van der Waals surface area contributed by atoms with Gasteiger partial charge in [0.05, 0.1) is 25.0 Å². The number of anilines is 1. The number of methoxy groups -OCH3 is 1. The Morgan fingerprint density at radius 3 is 2.85 bits per heavy atom. The molecule has 206 valence electrons. The van der Waals surface area contributed by atoms with Crippen molar-refractivity contribution in [3.8, 4) is 6.07 Å². The van der Waals surface area contributed by atoms with Crippen LogP contribution in [0.25, 0.3) is 5.57 Å². The van der Waals surface area contributed by atoms with Crippen molar-refractivity contribution >= 4 is 46.3 Å². The molecule has 1 aromatic heterocycles. The number of allylic oxidation sites excluding steroid dienone is 1. The van der Waals surface area contributed by atoms with Crippen LogP contribution in [0.3, 0.4) is 0 Å². The van der Waals surface area contributed by atoms with Gasteiger partial charge in [-0.05, 0) is 74.8 Å². The SMILES string of the molecule is COC(=O)CC[C@@H]1CCCN1C1CCC(c2cnc(C(=N)C#N)c(N[C@H](C)c3ccc(Cl)cc3Cl)n2)=CC1C. The van der Waals surface area contributed by atoms with Gasteiger partial charge in [0.15, 0.2) is 11.5 Å². The molecule has 4 atom stereocenters. The summed E-state index contributed by atoms with van der Waals surface area (Å²) in [5, 5.41) is 21.9. The number of rotatable bonds is 9. The number of carbonyl (C=O) groups excluding carboxylic acids is 1. The van der Waals surface area contributed by atoms with E-state index >= 15 is 0 Å². The Morgan fingerprint density at radius 2 is 2.15 bits per heavy atom. The van der Waals surface area contributed by atoms with Crippen molar-refractivity contribution in [1.82, 2.24) is 14.9 Å². The average molecular weight is 570 g/mol. The standard InChI is InChI=1S/C29H34Cl2N6O2/c1-17-13-19(6-10-26(17)37-12-4-5-21(37)8-11-27(38)39-3)25-16-34-28(24(33)15-32)29(36-25)35-18(2)22-9-7-20(30)14-23(22)31/h7,9,13-14,16-18,21,26,33H,4-6,8,10-12H2,1-3H3,(H,35,36)/t17?,18-,21+,26?/m1/s1. The highest BCUT2D eigenvalue weighted by Crippen LogP contribution is 2.37. The Labute approximate surface area is 239 Å². The summed E-state index contributed by atoms with van der Waals surface area (Å²) in [6.45, 7) is 5.22. The molecule has 2 heterocycles. The van der Waals surface area contributed by atoms with Crippen LogP contribution in [-0.4, -0.2) is 52.3 Å². The number of hydrogen-bond acceptors (Lipinski definition) is 8. The first-order chi connectivity index (χ1) is 18.7. The van der Waals surface area contributed by atoms with Crippen LogP contribution < -0.4 is 5.32 Å². The zero-order chi connectivity index (χ0) is 28.1. The van der Waals surface area contributed by atoms with Crippen molar-refractivity contribution in [3.63, 3.8) is 0 Å². The van der Waals surface area contributed by atoms with Crippen LogP contribution in [0.2, 0.25) is 10.0 Å². The van der Waals surface area contributed by atoms with Crippen LogP contribution >= 0.6 is 23.2 Å². The van der Waals surface area contributed by atoms with E-state index in [-0.39, 0.29) is 23.4 Å². The normalized spacial score (nSPS) is 22.1. The number of nitrogens with zero attached hydrogens (tertiary/aromatic N) is 4. The lowest BCUT2D eigenvalue weighted by Gasteiger charge is -2.39. The molecule has 2 aromatic rings. The van der Waals surface area contributed by atoms with Crippen molar-refractivity contribution in [3.05, 3.63) is 57.5 Å². The molecule has 0 bridgehead atoms. The monoisotopic (exact) mass is 568 g/mol. The number of hydrogen-bond donors (Lipinski definition) is 2. The van der Waals surface area contributed by atoms with Gasteiger partial charge >= 0.3 is 5.97 Å². The number of ether oxygens (including phenoxy) is 1. The fraction of sp³-hybridized carbons (Fsp3) is 0.483. The Bertz CT molecular complexity index is 1310. The third-order valence-corrected chi connectivity index (χ3v) is 8.33. The second-order valence-electron chi connectivity index (χ2n) is 10.3. The smallest absolute Gasteiger partial charge is 0.305 e. The van der Waals surface area contributed by atoms with Crippen molar-refractivity contribution in [2.24, 2.45) is 5.92 Å². The van der Waals surface area contributed by atoms with Crippen LogP contribution in [0.1, 0.15) is 75.4 Å². The molecule has 0 radical (unpaired) electrons. The summed E-state index contributed by atoms with van der Waals surface area (Å²) in [6.07, 6.45) is 9.29. The second kappa shape index (κ2) is 12.9. The Balaban J connectivity index is 1.55. The highest BCUT2D eigenvalue weighted by molar-refractivity contribution is 6.35. The van der Waals surface area contributed by atoms with E-state index < -0.39 is 0 Å². The largest absolute Gasteiger partial charge is 0.469 e. The molecule has 0 amide bonds. The maximum atomic E-state index is 11.7. The molecule has 1 fully saturated rings. The van der Waals surface area contributed by atoms with Crippen LogP contribution in [0.5, 0.6) is 0 Å². The number of nitrogens with one attached hydrogen (secondary N) is 2. The average Bonchev–Trinajstić information content (AvgIpc) is 3.39. The minimum atomic E-state index is -0.260. The van der Waals surface area contributed by atoms with Gasteiger partial charge < -0.3 is 10.1 Å². The highest BCUT2D eigenvalue weighted by Gasteiger charge is 2.35. The van der Waals surface area contributed by atoms with E-state index in [2.05, 4.69) is 28.2 Å². The fourth-order valence-corrected chi connectivity index (χ4v) is 6.34. The molecule has 2 unspecified atom stereocenters. The Morgan fingerprint density at radius 1 is 1.36 bits per heavy atom. The first-order valence-electron chi connectivity index (χ1n) is 13.3. The second-order valence-corrected chi connectivity index (χ2v) is 11.1. The molecule has 4 rings (SSSR count).